The number of hydrogen-bond donors (Lipinski definition) is 1. The molecule has 3 aromatic carbocycles. The van der Waals surface area contributed by atoms with E-state index in [-0.39, 0.29) is 11.2 Å². The van der Waals surface area contributed by atoms with E-state index in [9.17, 15) is 4.79 Å². The van der Waals surface area contributed by atoms with Gasteiger partial charge in [0.25, 0.3) is 0 Å². The molecule has 0 aromatic heterocycles. The monoisotopic (exact) mass is 535 g/mol. The number of carbonyl (C=O) groups excluding carboxylic acids is 1. The number of amides is 1. The molecule has 194 valence electrons. The largest absolute Gasteiger partial charge is 0.494 e. The van der Waals surface area contributed by atoms with E-state index in [1.54, 1.807) is 11.8 Å². The van der Waals surface area contributed by atoms with Crippen LogP contribution in [0, 0.1) is 0 Å². The predicted octanol–water partition coefficient (Wildman–Crippen LogP) is 8.64. The molecule has 4 rings (SSSR count). The van der Waals surface area contributed by atoms with Gasteiger partial charge in [0.05, 0.1) is 11.6 Å². The summed E-state index contributed by atoms with van der Waals surface area (Å²) in [5.74, 6) is 2.53. The van der Waals surface area contributed by atoms with Crippen molar-refractivity contribution in [3.05, 3.63) is 99.5 Å². The van der Waals surface area contributed by atoms with Gasteiger partial charge in [0.15, 0.2) is 0 Å². The third-order valence-electron chi connectivity index (χ3n) is 6.16. The van der Waals surface area contributed by atoms with Crippen molar-refractivity contribution in [2.45, 2.75) is 57.6 Å². The third kappa shape index (κ3) is 7.80. The summed E-state index contributed by atoms with van der Waals surface area (Å²) in [6.07, 6.45) is 8.12. The Labute approximate surface area is 229 Å². The van der Waals surface area contributed by atoms with Crippen molar-refractivity contribution in [2.75, 3.05) is 6.61 Å². The molecule has 6 heteroatoms. The second-order valence-corrected chi connectivity index (χ2v) is 10.7. The lowest BCUT2D eigenvalue weighted by Crippen LogP contribution is -2.17. The maximum absolute atomic E-state index is 12.3. The van der Waals surface area contributed by atoms with Gasteiger partial charge >= 0.3 is 0 Å². The number of unbranched alkanes of at least 4 members (excludes halogenated alkanes) is 1. The maximum Gasteiger partial charge on any atom is 0.242 e. The standard InChI is InChI=1S/C31H34ClNO3S/c1-3-7-24-21-28(36-27-18-13-25(32)14-19-27)17-10-22(24)9-5-6-20-35-26-15-11-23(12-16-26)30-31(34)33-29(37-30)8-4-2/h8,10-19,21,30H,3-7,9,20H2,1-2H3,(H,33,34)/b29-8+. The number of halogens is 1. The first-order chi connectivity index (χ1) is 18.1. The van der Waals surface area contributed by atoms with Crippen LogP contribution in [-0.4, -0.2) is 12.5 Å². The Hall–Kier alpha value is -2.89. The SMILES string of the molecule is CC/C=C1\NC(=O)C(c2ccc(OCCCCc3ccc(Oc4ccc(Cl)cc4)cc3CCC)cc2)S1. The van der Waals surface area contributed by atoms with E-state index in [0.717, 1.165) is 66.4 Å². The van der Waals surface area contributed by atoms with Crippen LogP contribution < -0.4 is 14.8 Å². The number of benzene rings is 3. The highest BCUT2D eigenvalue weighted by atomic mass is 35.5. The summed E-state index contributed by atoms with van der Waals surface area (Å²) in [4.78, 5) is 12.3. The van der Waals surface area contributed by atoms with E-state index < -0.39 is 0 Å². The Kier molecular flexibility index (Phi) is 9.98. The molecular weight excluding hydrogens is 502 g/mol. The zero-order valence-electron chi connectivity index (χ0n) is 21.5. The minimum atomic E-state index is -0.188. The van der Waals surface area contributed by atoms with E-state index in [1.165, 1.54) is 11.1 Å². The minimum absolute atomic E-state index is 0.0467. The molecule has 1 aliphatic rings. The molecule has 3 aromatic rings. The molecule has 37 heavy (non-hydrogen) atoms. The first-order valence-corrected chi connectivity index (χ1v) is 14.3. The average Bonchev–Trinajstić information content (AvgIpc) is 3.27. The molecule has 1 amide bonds. The van der Waals surface area contributed by atoms with Crippen LogP contribution >= 0.6 is 23.4 Å². The highest BCUT2D eigenvalue weighted by Gasteiger charge is 2.30. The first kappa shape index (κ1) is 27.2. The van der Waals surface area contributed by atoms with Gasteiger partial charge < -0.3 is 14.8 Å². The number of allylic oxidation sites excluding steroid dienone is 1. The Morgan fingerprint density at radius 1 is 0.892 bits per heavy atom. The number of thioether (sulfide) groups is 1. The number of carbonyl (C=O) groups is 1. The van der Waals surface area contributed by atoms with Crippen molar-refractivity contribution in [2.24, 2.45) is 0 Å². The quantitative estimate of drug-likeness (QED) is 0.236. The summed E-state index contributed by atoms with van der Waals surface area (Å²) in [7, 11) is 0. The molecule has 0 saturated carbocycles. The van der Waals surface area contributed by atoms with Crippen molar-refractivity contribution in [3.8, 4) is 17.2 Å². The van der Waals surface area contributed by atoms with Crippen molar-refractivity contribution in [1.29, 1.82) is 0 Å². The molecule has 1 N–H and O–H groups in total. The van der Waals surface area contributed by atoms with E-state index in [4.69, 9.17) is 21.1 Å². The second kappa shape index (κ2) is 13.6. The summed E-state index contributed by atoms with van der Waals surface area (Å²) in [6, 6.07) is 21.7. The Morgan fingerprint density at radius 2 is 1.62 bits per heavy atom. The topological polar surface area (TPSA) is 47.6 Å². The zero-order chi connectivity index (χ0) is 26.0. The van der Waals surface area contributed by atoms with Crippen molar-refractivity contribution >= 4 is 29.3 Å². The van der Waals surface area contributed by atoms with Crippen LogP contribution in [0.2, 0.25) is 5.02 Å². The van der Waals surface area contributed by atoms with Crippen LogP contribution in [-0.2, 0) is 17.6 Å². The summed E-state index contributed by atoms with van der Waals surface area (Å²) in [5.41, 5.74) is 3.72. The maximum atomic E-state index is 12.3. The molecule has 0 spiro atoms. The predicted molar refractivity (Wildman–Crippen MR) is 154 cm³/mol. The van der Waals surface area contributed by atoms with E-state index in [2.05, 4.69) is 37.4 Å². The number of hydrogen-bond acceptors (Lipinski definition) is 4. The number of aryl methyl sites for hydroxylation is 2. The molecule has 0 radical (unpaired) electrons. The van der Waals surface area contributed by atoms with E-state index in [0.29, 0.717) is 11.6 Å². The molecule has 1 atom stereocenters. The van der Waals surface area contributed by atoms with Crippen molar-refractivity contribution < 1.29 is 14.3 Å². The fraction of sp³-hybridized carbons (Fsp3) is 0.323. The summed E-state index contributed by atoms with van der Waals surface area (Å²) < 4.78 is 12.0. The molecule has 0 aliphatic carbocycles. The van der Waals surface area contributed by atoms with Gasteiger partial charge in [0.1, 0.15) is 22.5 Å². The van der Waals surface area contributed by atoms with Crippen LogP contribution in [0.25, 0.3) is 0 Å². The van der Waals surface area contributed by atoms with Crippen LogP contribution in [0.4, 0.5) is 0 Å². The van der Waals surface area contributed by atoms with Crippen LogP contribution in [0.1, 0.15) is 61.5 Å². The van der Waals surface area contributed by atoms with Gasteiger partial charge in [-0.15, -0.1) is 0 Å². The summed E-state index contributed by atoms with van der Waals surface area (Å²) in [6.45, 7) is 4.94. The Bertz CT molecular complexity index is 1210. The number of ether oxygens (including phenoxy) is 2. The molecule has 1 aliphatic heterocycles. The van der Waals surface area contributed by atoms with Gasteiger partial charge in [-0.1, -0.05) is 67.9 Å². The van der Waals surface area contributed by atoms with Gasteiger partial charge in [-0.2, -0.15) is 0 Å². The molecule has 1 fully saturated rings. The lowest BCUT2D eigenvalue weighted by molar-refractivity contribution is -0.119. The Morgan fingerprint density at radius 3 is 2.35 bits per heavy atom. The highest BCUT2D eigenvalue weighted by Crippen LogP contribution is 2.39. The summed E-state index contributed by atoms with van der Waals surface area (Å²) >= 11 is 7.55. The van der Waals surface area contributed by atoms with Crippen molar-refractivity contribution in [3.63, 3.8) is 0 Å². The smallest absolute Gasteiger partial charge is 0.242 e. The fourth-order valence-electron chi connectivity index (χ4n) is 4.30. The van der Waals surface area contributed by atoms with Gasteiger partial charge in [0, 0.05) is 5.02 Å². The molecule has 0 bridgehead atoms. The average molecular weight is 536 g/mol. The molecular formula is C31H34ClNO3S. The Balaban J connectivity index is 1.24. The normalized spacial score (nSPS) is 16.1. The van der Waals surface area contributed by atoms with Crippen LogP contribution in [0.5, 0.6) is 17.2 Å². The first-order valence-electron chi connectivity index (χ1n) is 13.0. The van der Waals surface area contributed by atoms with Gasteiger partial charge in [-0.05, 0) is 97.3 Å². The minimum Gasteiger partial charge on any atom is -0.494 e. The molecule has 1 unspecified atom stereocenters. The molecule has 4 nitrogen and oxygen atoms in total. The van der Waals surface area contributed by atoms with E-state index in [1.807, 2.05) is 54.6 Å². The fourth-order valence-corrected chi connectivity index (χ4v) is 5.56. The van der Waals surface area contributed by atoms with E-state index >= 15 is 0 Å². The number of rotatable bonds is 12. The zero-order valence-corrected chi connectivity index (χ0v) is 23.0. The molecule has 1 heterocycles. The van der Waals surface area contributed by atoms with Crippen LogP contribution in [0.3, 0.4) is 0 Å². The molecule has 1 saturated heterocycles. The van der Waals surface area contributed by atoms with Gasteiger partial charge in [-0.25, -0.2) is 0 Å². The lowest BCUT2D eigenvalue weighted by Gasteiger charge is -2.13. The number of nitrogens with one attached hydrogen (secondary N) is 1. The van der Waals surface area contributed by atoms with Crippen molar-refractivity contribution in [1.82, 2.24) is 5.32 Å². The summed E-state index contributed by atoms with van der Waals surface area (Å²) in [5, 5.41) is 4.41. The second-order valence-electron chi connectivity index (χ2n) is 9.07. The van der Waals surface area contributed by atoms with Crippen LogP contribution in [0.15, 0.2) is 77.8 Å². The van der Waals surface area contributed by atoms with Gasteiger partial charge in [-0.3, -0.25) is 4.79 Å². The lowest BCUT2D eigenvalue weighted by atomic mass is 9.98. The van der Waals surface area contributed by atoms with Gasteiger partial charge in [0.2, 0.25) is 5.91 Å². The third-order valence-corrected chi connectivity index (χ3v) is 7.65. The highest BCUT2D eigenvalue weighted by molar-refractivity contribution is 8.04.